The minimum absolute atomic E-state index is 0.380. The van der Waals surface area contributed by atoms with Gasteiger partial charge in [0.05, 0.1) is 20.8 Å². The molecule has 0 unspecified atom stereocenters. The summed E-state index contributed by atoms with van der Waals surface area (Å²) >= 11 is 0. The molecule has 0 aliphatic carbocycles. The van der Waals surface area contributed by atoms with Gasteiger partial charge in [-0.15, -0.1) is 0 Å². The smallest absolute Gasteiger partial charge is 0.144 e. The van der Waals surface area contributed by atoms with E-state index in [4.69, 9.17) is 18.9 Å². The molecule has 0 amide bonds. The van der Waals surface area contributed by atoms with E-state index in [1.807, 2.05) is 36.4 Å². The summed E-state index contributed by atoms with van der Waals surface area (Å²) in [5.41, 5.74) is 7.93. The maximum Gasteiger partial charge on any atom is 0.144 e. The standard InChI is InChI=1S/C44H42O4/c1-4-11-33-12-8-13-34(28-33)31-47-43-19-10-16-37(30-43)36-15-9-14-35(29-36)32-48-44(38-17-6-5-7-18-38,39-20-24-41(45-2)25-21-39)40-22-26-42(46-3)27-23-40/h5-10,12-30H,4,11,31-32H2,1-3H3. The molecule has 4 nitrogen and oxygen atoms in total. The molecule has 0 atom stereocenters. The average molecular weight is 635 g/mol. The van der Waals surface area contributed by atoms with E-state index in [2.05, 4.69) is 122 Å². The molecular formula is C44H42O4. The van der Waals surface area contributed by atoms with Crippen LogP contribution in [0.2, 0.25) is 0 Å². The first-order chi connectivity index (χ1) is 23.6. The number of rotatable bonds is 14. The number of methoxy groups -OCH3 is 2. The molecule has 0 heterocycles. The Labute approximate surface area is 284 Å². The summed E-state index contributed by atoms with van der Waals surface area (Å²) in [5, 5.41) is 0. The highest BCUT2D eigenvalue weighted by atomic mass is 16.5. The minimum atomic E-state index is -0.891. The number of ether oxygens (including phenoxy) is 4. The molecule has 0 fully saturated rings. The zero-order valence-electron chi connectivity index (χ0n) is 27.9. The molecule has 6 aromatic rings. The van der Waals surface area contributed by atoms with E-state index >= 15 is 0 Å². The minimum Gasteiger partial charge on any atom is -0.497 e. The third-order valence-corrected chi connectivity index (χ3v) is 8.66. The van der Waals surface area contributed by atoms with Gasteiger partial charge in [-0.05, 0) is 93.4 Å². The number of benzene rings is 6. The Hall–Kier alpha value is -5.32. The second-order valence-corrected chi connectivity index (χ2v) is 11.9. The van der Waals surface area contributed by atoms with E-state index in [0.717, 1.165) is 63.5 Å². The summed E-state index contributed by atoms with van der Waals surface area (Å²) in [6.07, 6.45) is 2.21. The lowest BCUT2D eigenvalue weighted by Crippen LogP contribution is -2.32. The average Bonchev–Trinajstić information content (AvgIpc) is 3.16. The van der Waals surface area contributed by atoms with Crippen molar-refractivity contribution in [2.75, 3.05) is 14.2 Å². The molecule has 0 saturated heterocycles. The first-order valence-corrected chi connectivity index (χ1v) is 16.5. The van der Waals surface area contributed by atoms with Crippen LogP contribution < -0.4 is 14.2 Å². The van der Waals surface area contributed by atoms with Crippen LogP contribution in [0.15, 0.2) is 152 Å². The van der Waals surface area contributed by atoms with Crippen LogP contribution in [0, 0.1) is 0 Å². The largest absolute Gasteiger partial charge is 0.497 e. The van der Waals surface area contributed by atoms with Crippen LogP contribution in [0.4, 0.5) is 0 Å². The van der Waals surface area contributed by atoms with Crippen LogP contribution in [0.5, 0.6) is 17.2 Å². The molecule has 4 heteroatoms. The van der Waals surface area contributed by atoms with Crippen LogP contribution in [0.1, 0.15) is 46.7 Å². The summed E-state index contributed by atoms with van der Waals surface area (Å²) in [6, 6.07) is 52.1. The second-order valence-electron chi connectivity index (χ2n) is 11.9. The van der Waals surface area contributed by atoms with Crippen molar-refractivity contribution in [3.63, 3.8) is 0 Å². The van der Waals surface area contributed by atoms with Crippen molar-refractivity contribution < 1.29 is 18.9 Å². The highest BCUT2D eigenvalue weighted by Crippen LogP contribution is 2.42. The zero-order chi connectivity index (χ0) is 33.2. The van der Waals surface area contributed by atoms with Crippen molar-refractivity contribution in [2.45, 2.75) is 38.6 Å². The molecule has 0 bridgehead atoms. The molecule has 0 N–H and O–H groups in total. The molecule has 6 rings (SSSR count). The van der Waals surface area contributed by atoms with Crippen LogP contribution in [0.25, 0.3) is 11.1 Å². The second kappa shape index (κ2) is 15.5. The fourth-order valence-corrected chi connectivity index (χ4v) is 6.20. The normalized spacial score (nSPS) is 11.2. The Kier molecular flexibility index (Phi) is 10.5. The summed E-state index contributed by atoms with van der Waals surface area (Å²) in [5.74, 6) is 2.43. The van der Waals surface area contributed by atoms with Gasteiger partial charge in [-0.2, -0.15) is 0 Å². The maximum atomic E-state index is 7.14. The monoisotopic (exact) mass is 634 g/mol. The van der Waals surface area contributed by atoms with Crippen LogP contribution in [0.3, 0.4) is 0 Å². The molecule has 48 heavy (non-hydrogen) atoms. The summed E-state index contributed by atoms with van der Waals surface area (Å²) in [4.78, 5) is 0. The van der Waals surface area contributed by atoms with Crippen LogP contribution in [-0.4, -0.2) is 14.2 Å². The van der Waals surface area contributed by atoms with Crippen molar-refractivity contribution in [1.82, 2.24) is 0 Å². The number of aryl methyl sites for hydroxylation is 1. The lowest BCUT2D eigenvalue weighted by atomic mass is 9.80. The Morgan fingerprint density at radius 3 is 1.62 bits per heavy atom. The highest BCUT2D eigenvalue weighted by molar-refractivity contribution is 5.66. The first-order valence-electron chi connectivity index (χ1n) is 16.5. The molecule has 0 saturated carbocycles. The van der Waals surface area contributed by atoms with Gasteiger partial charge in [0, 0.05) is 0 Å². The molecule has 6 aromatic carbocycles. The lowest BCUT2D eigenvalue weighted by molar-refractivity contribution is 0.000209. The van der Waals surface area contributed by atoms with E-state index in [1.54, 1.807) is 14.2 Å². The van der Waals surface area contributed by atoms with Crippen molar-refractivity contribution in [1.29, 1.82) is 0 Å². The fraction of sp³-hybridized carbons (Fsp3) is 0.182. The SMILES string of the molecule is CCCc1cccc(COc2cccc(-c3cccc(COC(c4ccccc4)(c4ccc(OC)cc4)c4ccc(OC)cc4)c3)c2)c1. The molecule has 0 aromatic heterocycles. The van der Waals surface area contributed by atoms with Crippen molar-refractivity contribution >= 4 is 0 Å². The van der Waals surface area contributed by atoms with Gasteiger partial charge in [0.1, 0.15) is 29.5 Å². The molecule has 242 valence electrons. The van der Waals surface area contributed by atoms with Gasteiger partial charge in [-0.25, -0.2) is 0 Å². The maximum absolute atomic E-state index is 7.14. The third kappa shape index (κ3) is 7.46. The Morgan fingerprint density at radius 1 is 0.458 bits per heavy atom. The molecule has 0 aliphatic heterocycles. The zero-order valence-corrected chi connectivity index (χ0v) is 27.9. The lowest BCUT2D eigenvalue weighted by Gasteiger charge is -2.36. The Morgan fingerprint density at radius 2 is 1.00 bits per heavy atom. The van der Waals surface area contributed by atoms with Crippen LogP contribution >= 0.6 is 0 Å². The highest BCUT2D eigenvalue weighted by Gasteiger charge is 2.38. The van der Waals surface area contributed by atoms with E-state index in [-0.39, 0.29) is 0 Å². The van der Waals surface area contributed by atoms with Gasteiger partial charge in [0.2, 0.25) is 0 Å². The summed E-state index contributed by atoms with van der Waals surface area (Å²) in [7, 11) is 3.36. The summed E-state index contributed by atoms with van der Waals surface area (Å²) < 4.78 is 24.4. The summed E-state index contributed by atoms with van der Waals surface area (Å²) in [6.45, 7) is 3.12. The van der Waals surface area contributed by atoms with Gasteiger partial charge in [-0.3, -0.25) is 0 Å². The van der Waals surface area contributed by atoms with E-state index in [1.165, 1.54) is 11.1 Å². The topological polar surface area (TPSA) is 36.9 Å². The van der Waals surface area contributed by atoms with Gasteiger partial charge in [0.25, 0.3) is 0 Å². The van der Waals surface area contributed by atoms with Gasteiger partial charge in [-0.1, -0.05) is 123 Å². The molecule has 0 radical (unpaired) electrons. The van der Waals surface area contributed by atoms with E-state index in [0.29, 0.717) is 13.2 Å². The van der Waals surface area contributed by atoms with Gasteiger partial charge >= 0.3 is 0 Å². The van der Waals surface area contributed by atoms with Crippen LogP contribution in [-0.2, 0) is 30.0 Å². The quantitative estimate of drug-likeness (QED) is 0.112. The predicted octanol–water partition coefficient (Wildman–Crippen LogP) is 10.4. The van der Waals surface area contributed by atoms with E-state index < -0.39 is 5.60 Å². The molecular weight excluding hydrogens is 592 g/mol. The molecule has 0 aliphatic rings. The Bertz CT molecular complexity index is 1850. The van der Waals surface area contributed by atoms with E-state index in [9.17, 15) is 0 Å². The predicted molar refractivity (Wildman–Crippen MR) is 194 cm³/mol. The fourth-order valence-electron chi connectivity index (χ4n) is 6.20. The third-order valence-electron chi connectivity index (χ3n) is 8.66. The number of hydrogen-bond donors (Lipinski definition) is 0. The Balaban J connectivity index is 1.29. The van der Waals surface area contributed by atoms with Gasteiger partial charge in [0.15, 0.2) is 0 Å². The van der Waals surface area contributed by atoms with Gasteiger partial charge < -0.3 is 18.9 Å². The molecule has 0 spiro atoms. The van der Waals surface area contributed by atoms with Crippen molar-refractivity contribution in [2.24, 2.45) is 0 Å². The first kappa shape index (κ1) is 32.6. The van der Waals surface area contributed by atoms with Crippen molar-refractivity contribution in [3.05, 3.63) is 185 Å². The van der Waals surface area contributed by atoms with Crippen molar-refractivity contribution in [3.8, 4) is 28.4 Å². The number of hydrogen-bond acceptors (Lipinski definition) is 4.